The average molecular weight is 644 g/mol. The Balaban J connectivity index is 1.40. The third-order valence-corrected chi connectivity index (χ3v) is 19.4. The molecule has 15 heteroatoms. The first-order valence-corrected chi connectivity index (χ1v) is 20.9. The highest BCUT2D eigenvalue weighted by Gasteiger charge is 2.55. The Kier molecular flexibility index (Phi) is 8.26. The average Bonchev–Trinajstić information content (AvgIpc) is 3.48. The Morgan fingerprint density at radius 2 is 2.17 bits per heavy atom. The molecule has 4 N–H and O–H groups in total. The number of hydrogen-bond acceptors (Lipinski definition) is 11. The molecule has 4 heterocycles. The number of fused-ring (bicyclic) bond motifs is 2. The molecule has 8 atom stereocenters. The van der Waals surface area contributed by atoms with Crippen LogP contribution < -0.4 is 11.3 Å². The zero-order chi connectivity index (χ0) is 30.1. The number of aromatic amines is 1. The van der Waals surface area contributed by atoms with Gasteiger partial charge in [-0.05, 0) is 69.0 Å². The molecule has 1 aliphatic carbocycles. The van der Waals surface area contributed by atoms with E-state index in [9.17, 15) is 9.90 Å². The topological polar surface area (TPSA) is 147 Å². The van der Waals surface area contributed by atoms with Gasteiger partial charge in [-0.15, -0.1) is 0 Å². The molecular formula is C26H42N5O6PS2Si. The highest BCUT2D eigenvalue weighted by molar-refractivity contribution is 8.68. The van der Waals surface area contributed by atoms with E-state index in [0.29, 0.717) is 5.92 Å². The Morgan fingerprint density at radius 1 is 1.46 bits per heavy atom. The molecule has 0 spiro atoms. The first-order chi connectivity index (χ1) is 18.9. The second-order valence-electron chi connectivity index (χ2n) is 13.2. The number of nitrogen functional groups attached to an aromatic ring is 1. The third kappa shape index (κ3) is 5.88. The lowest BCUT2D eigenvalue weighted by molar-refractivity contribution is -0.0475. The molecule has 5 rings (SSSR count). The Bertz CT molecular complexity index is 1450. The van der Waals surface area contributed by atoms with Gasteiger partial charge in [-0.1, -0.05) is 44.3 Å². The van der Waals surface area contributed by atoms with Gasteiger partial charge in [-0.25, -0.2) is 4.98 Å². The van der Waals surface area contributed by atoms with Crippen molar-refractivity contribution >= 4 is 54.3 Å². The Hall–Kier alpha value is -1.09. The lowest BCUT2D eigenvalue weighted by Crippen LogP contribution is -2.49. The molecule has 3 aliphatic rings. The molecule has 228 valence electrons. The molecule has 2 aliphatic heterocycles. The van der Waals surface area contributed by atoms with E-state index in [0.717, 1.165) is 19.3 Å². The molecule has 41 heavy (non-hydrogen) atoms. The van der Waals surface area contributed by atoms with Crippen LogP contribution in [0.1, 0.15) is 60.1 Å². The predicted octanol–water partition coefficient (Wildman–Crippen LogP) is 4.86. The van der Waals surface area contributed by atoms with E-state index in [-0.39, 0.29) is 39.6 Å². The van der Waals surface area contributed by atoms with Gasteiger partial charge in [0.2, 0.25) is 11.6 Å². The van der Waals surface area contributed by atoms with Gasteiger partial charge in [-0.3, -0.25) is 14.3 Å². The highest BCUT2D eigenvalue weighted by Crippen LogP contribution is 2.75. The zero-order valence-corrected chi connectivity index (χ0v) is 28.3. The minimum Gasteiger partial charge on any atom is -0.408 e. The van der Waals surface area contributed by atoms with Crippen molar-refractivity contribution in [3.63, 3.8) is 0 Å². The van der Waals surface area contributed by atoms with Crippen LogP contribution >= 0.6 is 17.1 Å². The summed E-state index contributed by atoms with van der Waals surface area (Å²) in [6.45, 7) is 19.2. The molecule has 1 unspecified atom stereocenters. The summed E-state index contributed by atoms with van der Waals surface area (Å²) in [4.78, 5) is 23.3. The van der Waals surface area contributed by atoms with E-state index >= 15 is 0 Å². The summed E-state index contributed by atoms with van der Waals surface area (Å²) in [5, 5.41) is 11.5. The van der Waals surface area contributed by atoms with Gasteiger partial charge in [0, 0.05) is 4.75 Å². The number of hydrogen-bond donors (Lipinski definition) is 3. The van der Waals surface area contributed by atoms with E-state index in [2.05, 4.69) is 69.2 Å². The van der Waals surface area contributed by atoms with Crippen LogP contribution in [0.3, 0.4) is 0 Å². The quantitative estimate of drug-likeness (QED) is 0.216. The second kappa shape index (κ2) is 10.8. The van der Waals surface area contributed by atoms with Gasteiger partial charge >= 0.3 is 0 Å². The van der Waals surface area contributed by atoms with Crippen molar-refractivity contribution in [3.05, 3.63) is 28.8 Å². The summed E-state index contributed by atoms with van der Waals surface area (Å²) < 4.78 is 27.5. The first kappa shape index (κ1) is 31.3. The number of imidazole rings is 1. The molecule has 0 aromatic carbocycles. The fourth-order valence-corrected chi connectivity index (χ4v) is 13.9. The smallest absolute Gasteiger partial charge is 0.280 e. The summed E-state index contributed by atoms with van der Waals surface area (Å²) in [6.07, 6.45) is 0.993. The number of aliphatic hydroxyl groups is 1. The van der Waals surface area contributed by atoms with Gasteiger partial charge in [0.05, 0.1) is 19.0 Å². The van der Waals surface area contributed by atoms with Crippen LogP contribution in [0.4, 0.5) is 5.95 Å². The van der Waals surface area contributed by atoms with Gasteiger partial charge in [0.25, 0.3) is 5.56 Å². The molecule has 0 bridgehead atoms. The van der Waals surface area contributed by atoms with Gasteiger partial charge in [0.15, 0.2) is 25.7 Å². The predicted molar refractivity (Wildman–Crippen MR) is 168 cm³/mol. The molecule has 3 fully saturated rings. The number of aromatic nitrogens is 4. The SMILES string of the molecule is C=C(C)[C@@H]1CC[C@]2(C)SP(=S)(OC[C@H]3O[C@@H](n4cnc5c(=O)[nH]c(N)nc54)[C@H](O)[C@@H]3O[Si](C)(C)C(C)(C)C)O[C@H]2C1. The van der Waals surface area contributed by atoms with Crippen molar-refractivity contribution in [2.45, 2.75) is 107 Å². The van der Waals surface area contributed by atoms with E-state index in [1.807, 2.05) is 0 Å². The van der Waals surface area contributed by atoms with E-state index in [4.69, 9.17) is 35.8 Å². The maximum absolute atomic E-state index is 12.4. The van der Waals surface area contributed by atoms with E-state index < -0.39 is 44.1 Å². The van der Waals surface area contributed by atoms with Crippen molar-refractivity contribution < 1.29 is 23.3 Å². The van der Waals surface area contributed by atoms with Crippen LogP contribution in [0.5, 0.6) is 0 Å². The molecular weight excluding hydrogens is 602 g/mol. The van der Waals surface area contributed by atoms with E-state index in [1.54, 1.807) is 11.4 Å². The Morgan fingerprint density at radius 3 is 2.83 bits per heavy atom. The number of nitrogens with one attached hydrogen (secondary N) is 1. The lowest BCUT2D eigenvalue weighted by Gasteiger charge is -2.40. The summed E-state index contributed by atoms with van der Waals surface area (Å²) >= 11 is 7.65. The summed E-state index contributed by atoms with van der Waals surface area (Å²) in [6, 6.07) is 0. The van der Waals surface area contributed by atoms with Crippen molar-refractivity contribution in [2.24, 2.45) is 5.92 Å². The molecule has 2 aromatic heterocycles. The molecule has 0 radical (unpaired) electrons. The number of nitrogens with zero attached hydrogens (tertiary/aromatic N) is 3. The van der Waals surface area contributed by atoms with Crippen LogP contribution in [-0.2, 0) is 30.0 Å². The maximum Gasteiger partial charge on any atom is 0.280 e. The van der Waals surface area contributed by atoms with Crippen molar-refractivity contribution in [3.8, 4) is 0 Å². The number of allylic oxidation sites excluding steroid dienone is 1. The first-order valence-electron chi connectivity index (χ1n) is 14.0. The summed E-state index contributed by atoms with van der Waals surface area (Å²) in [5.74, 6) is 0.370. The van der Waals surface area contributed by atoms with Crippen LogP contribution in [-0.4, -0.2) is 68.7 Å². The van der Waals surface area contributed by atoms with Crippen LogP contribution in [0.2, 0.25) is 18.1 Å². The molecule has 11 nitrogen and oxygen atoms in total. The summed E-state index contributed by atoms with van der Waals surface area (Å²) in [7, 11) is -2.35. The molecule has 2 saturated heterocycles. The standard InChI is InChI=1S/C26H42N5O6PS2Si/c1-14(2)15-9-10-26(6)17(11-15)36-38(39,40-26)34-12-16-20(37-41(7,8)25(3,4)5)19(32)23(35-16)31-13-28-18-21(31)29-24(27)30-22(18)33/h13,15-17,19-20,23,32H,1,9-12H2,2-8H3,(H3,27,29,30,33)/t15-,16-,17+,19-,20-,23-,26+,38?/m1/s1. The lowest BCUT2D eigenvalue weighted by atomic mass is 9.77. The third-order valence-electron chi connectivity index (χ3n) is 9.11. The van der Waals surface area contributed by atoms with Gasteiger partial charge < -0.3 is 29.1 Å². The number of anilines is 1. The van der Waals surface area contributed by atoms with Crippen LogP contribution in [0.25, 0.3) is 11.2 Å². The fraction of sp³-hybridized carbons (Fsp3) is 0.731. The number of nitrogens with two attached hydrogens (primary N) is 1. The summed E-state index contributed by atoms with van der Waals surface area (Å²) in [5.41, 5.74) is 4.15. The normalized spacial score (nSPS) is 36.1. The fourth-order valence-electron chi connectivity index (χ4n) is 5.48. The van der Waals surface area contributed by atoms with Gasteiger partial charge in [-0.2, -0.15) is 4.98 Å². The molecule has 0 amide bonds. The molecule has 2 aromatic rings. The van der Waals surface area contributed by atoms with E-state index in [1.165, 1.54) is 16.5 Å². The van der Waals surface area contributed by atoms with Crippen LogP contribution in [0, 0.1) is 5.92 Å². The maximum atomic E-state index is 12.4. The monoisotopic (exact) mass is 643 g/mol. The second-order valence-corrected chi connectivity index (χ2v) is 24.6. The molecule has 1 saturated carbocycles. The van der Waals surface area contributed by atoms with Crippen molar-refractivity contribution in [1.29, 1.82) is 0 Å². The number of H-pyrrole nitrogens is 1. The minimum absolute atomic E-state index is 0.00262. The van der Waals surface area contributed by atoms with Crippen molar-refractivity contribution in [2.75, 3.05) is 12.3 Å². The number of rotatable bonds is 7. The number of ether oxygens (including phenoxy) is 1. The van der Waals surface area contributed by atoms with Crippen LogP contribution in [0.15, 0.2) is 23.3 Å². The number of aliphatic hydroxyl groups excluding tert-OH is 1. The Labute approximate surface area is 251 Å². The zero-order valence-electron chi connectivity index (χ0n) is 24.7. The highest BCUT2D eigenvalue weighted by atomic mass is 32.9. The minimum atomic E-state index is -2.69. The largest absolute Gasteiger partial charge is 0.408 e. The van der Waals surface area contributed by atoms with Gasteiger partial charge in [0.1, 0.15) is 18.3 Å². The van der Waals surface area contributed by atoms with Crippen molar-refractivity contribution in [1.82, 2.24) is 19.5 Å².